The Morgan fingerprint density at radius 3 is 2.71 bits per heavy atom. The highest BCUT2D eigenvalue weighted by molar-refractivity contribution is 8.13. The summed E-state index contributed by atoms with van der Waals surface area (Å²) in [6.07, 6.45) is 0. The molecule has 0 saturated carbocycles. The molecule has 3 nitrogen and oxygen atoms in total. The highest BCUT2D eigenvalue weighted by Crippen LogP contribution is 2.26. The number of amidine groups is 1. The summed E-state index contributed by atoms with van der Waals surface area (Å²) in [6.45, 7) is 9.51. The zero-order valence-corrected chi connectivity index (χ0v) is 12.4. The molecule has 1 aromatic heterocycles. The van der Waals surface area contributed by atoms with Gasteiger partial charge in [-0.3, -0.25) is 4.99 Å². The van der Waals surface area contributed by atoms with E-state index in [4.69, 9.17) is 0 Å². The fraction of sp³-hybridized carbons (Fsp3) is 0.667. The van der Waals surface area contributed by atoms with Crippen molar-refractivity contribution in [1.82, 2.24) is 10.3 Å². The molecule has 0 aliphatic carbocycles. The van der Waals surface area contributed by atoms with Crippen LogP contribution in [-0.2, 0) is 0 Å². The summed E-state index contributed by atoms with van der Waals surface area (Å²) in [5.74, 6) is 1.87. The first-order chi connectivity index (χ1) is 8.06. The lowest BCUT2D eigenvalue weighted by molar-refractivity contribution is 0.659. The third-order valence-electron chi connectivity index (χ3n) is 2.72. The summed E-state index contributed by atoms with van der Waals surface area (Å²) in [5, 5.41) is 5.71. The lowest BCUT2D eigenvalue weighted by atomic mass is 10.2. The van der Waals surface area contributed by atoms with E-state index in [9.17, 15) is 0 Å². The van der Waals surface area contributed by atoms with Gasteiger partial charge in [-0.2, -0.15) is 0 Å². The highest BCUT2D eigenvalue weighted by atomic mass is 32.2. The number of aromatic nitrogens is 1. The quantitative estimate of drug-likeness (QED) is 0.896. The van der Waals surface area contributed by atoms with Crippen LogP contribution in [0, 0.1) is 19.8 Å². The van der Waals surface area contributed by atoms with Crippen LogP contribution in [-0.4, -0.2) is 22.4 Å². The molecule has 0 aromatic carbocycles. The van der Waals surface area contributed by atoms with Gasteiger partial charge in [-0.05, 0) is 26.7 Å². The average molecular weight is 269 g/mol. The van der Waals surface area contributed by atoms with E-state index in [-0.39, 0.29) is 0 Å². The molecule has 17 heavy (non-hydrogen) atoms. The minimum Gasteiger partial charge on any atom is -0.358 e. The molecule has 2 atom stereocenters. The van der Waals surface area contributed by atoms with Gasteiger partial charge in [0.2, 0.25) is 0 Å². The van der Waals surface area contributed by atoms with Gasteiger partial charge < -0.3 is 5.32 Å². The van der Waals surface area contributed by atoms with Gasteiger partial charge in [0, 0.05) is 17.2 Å². The van der Waals surface area contributed by atoms with Crippen molar-refractivity contribution in [3.05, 3.63) is 15.6 Å². The van der Waals surface area contributed by atoms with Crippen molar-refractivity contribution < 1.29 is 0 Å². The summed E-state index contributed by atoms with van der Waals surface area (Å²) in [7, 11) is 0. The molecule has 0 bridgehead atoms. The van der Waals surface area contributed by atoms with E-state index in [0.29, 0.717) is 12.0 Å². The van der Waals surface area contributed by atoms with Crippen molar-refractivity contribution in [2.24, 2.45) is 10.9 Å². The van der Waals surface area contributed by atoms with Gasteiger partial charge in [-0.1, -0.05) is 18.7 Å². The molecule has 0 fully saturated rings. The molecule has 5 heteroatoms. The molecule has 2 heterocycles. The minimum absolute atomic E-state index is 0.306. The fourth-order valence-electron chi connectivity index (χ4n) is 1.85. The second kappa shape index (κ2) is 5.40. The van der Waals surface area contributed by atoms with E-state index in [1.54, 1.807) is 11.3 Å². The largest absolute Gasteiger partial charge is 0.358 e. The molecule has 0 amide bonds. The van der Waals surface area contributed by atoms with Crippen LogP contribution in [0.1, 0.15) is 35.5 Å². The minimum atomic E-state index is 0.306. The summed E-state index contributed by atoms with van der Waals surface area (Å²) >= 11 is 3.60. The number of hydrogen-bond donors (Lipinski definition) is 1. The molecule has 1 aliphatic rings. The van der Waals surface area contributed by atoms with Crippen LogP contribution in [0.3, 0.4) is 0 Å². The Morgan fingerprint density at radius 2 is 2.18 bits per heavy atom. The first-order valence-electron chi connectivity index (χ1n) is 5.94. The van der Waals surface area contributed by atoms with Crippen molar-refractivity contribution in [2.75, 3.05) is 12.3 Å². The highest BCUT2D eigenvalue weighted by Gasteiger charge is 2.17. The van der Waals surface area contributed by atoms with Crippen molar-refractivity contribution >= 4 is 28.3 Å². The molecule has 2 unspecified atom stereocenters. The van der Waals surface area contributed by atoms with Gasteiger partial charge in [0.1, 0.15) is 0 Å². The van der Waals surface area contributed by atoms with Gasteiger partial charge in [0.05, 0.1) is 16.7 Å². The number of aliphatic imine (C=N–C) groups is 1. The zero-order valence-electron chi connectivity index (χ0n) is 10.8. The Kier molecular flexibility index (Phi) is 4.09. The van der Waals surface area contributed by atoms with E-state index >= 15 is 0 Å². The number of rotatable bonds is 2. The standard InChI is InChI=1S/C12H19N3S2/c1-7-5-13-12(16-6-7)15-9(3)11-8(2)14-10(4)17-11/h7,9H,5-6H2,1-4H3,(H,13,15). The third-order valence-corrected chi connectivity index (χ3v) is 5.24. The van der Waals surface area contributed by atoms with Gasteiger partial charge in [0.15, 0.2) is 5.17 Å². The van der Waals surface area contributed by atoms with E-state index in [1.807, 2.05) is 11.8 Å². The predicted molar refractivity (Wildman–Crippen MR) is 77.1 cm³/mol. The number of nitrogens with zero attached hydrogens (tertiary/aromatic N) is 2. The van der Waals surface area contributed by atoms with Crippen LogP contribution in [0.25, 0.3) is 0 Å². The maximum Gasteiger partial charge on any atom is 0.157 e. The number of aryl methyl sites for hydroxylation is 2. The van der Waals surface area contributed by atoms with Crippen LogP contribution in [0.4, 0.5) is 0 Å². The van der Waals surface area contributed by atoms with E-state index < -0.39 is 0 Å². The lowest BCUT2D eigenvalue weighted by Crippen LogP contribution is -2.28. The molecule has 1 aromatic rings. The lowest BCUT2D eigenvalue weighted by Gasteiger charge is -2.21. The Balaban J connectivity index is 2.02. The van der Waals surface area contributed by atoms with E-state index in [1.165, 1.54) is 10.6 Å². The number of thiazole rings is 1. The van der Waals surface area contributed by atoms with E-state index in [2.05, 4.69) is 43.0 Å². The van der Waals surface area contributed by atoms with E-state index in [0.717, 1.165) is 22.4 Å². The average Bonchev–Trinajstić information content (AvgIpc) is 2.61. The van der Waals surface area contributed by atoms with Gasteiger partial charge in [-0.15, -0.1) is 11.3 Å². The number of nitrogens with one attached hydrogen (secondary N) is 1. The smallest absolute Gasteiger partial charge is 0.157 e. The second-order valence-electron chi connectivity index (χ2n) is 4.61. The van der Waals surface area contributed by atoms with Gasteiger partial charge in [0.25, 0.3) is 0 Å². The first kappa shape index (κ1) is 12.9. The Bertz CT molecular complexity index is 425. The van der Waals surface area contributed by atoms with Crippen molar-refractivity contribution in [2.45, 2.75) is 33.7 Å². The zero-order chi connectivity index (χ0) is 12.4. The summed E-state index contributed by atoms with van der Waals surface area (Å²) < 4.78 is 0. The normalized spacial score (nSPS) is 22.1. The Labute approximate surface area is 111 Å². The summed E-state index contributed by atoms with van der Waals surface area (Å²) in [4.78, 5) is 10.4. The molecule has 2 rings (SSSR count). The number of thioether (sulfide) groups is 1. The molecule has 0 spiro atoms. The third kappa shape index (κ3) is 3.22. The molecular weight excluding hydrogens is 250 g/mol. The molecule has 1 aliphatic heterocycles. The van der Waals surface area contributed by atoms with Gasteiger partial charge >= 0.3 is 0 Å². The van der Waals surface area contributed by atoms with Crippen molar-refractivity contribution in [3.63, 3.8) is 0 Å². The van der Waals surface area contributed by atoms with Gasteiger partial charge in [-0.25, -0.2) is 4.98 Å². The van der Waals surface area contributed by atoms with Crippen molar-refractivity contribution in [3.8, 4) is 0 Å². The Morgan fingerprint density at radius 1 is 1.41 bits per heavy atom. The SMILES string of the molecule is Cc1nc(C)c(C(C)NC2=NCC(C)CS2)s1. The monoisotopic (exact) mass is 269 g/mol. The van der Waals surface area contributed by atoms with Crippen LogP contribution >= 0.6 is 23.1 Å². The summed E-state index contributed by atoms with van der Waals surface area (Å²) in [5.41, 5.74) is 1.14. The van der Waals surface area contributed by atoms with Crippen LogP contribution in [0.2, 0.25) is 0 Å². The number of hydrogen-bond acceptors (Lipinski definition) is 5. The summed E-state index contributed by atoms with van der Waals surface area (Å²) in [6, 6.07) is 0.306. The molecule has 0 saturated heterocycles. The Hall–Kier alpha value is -0.550. The molecule has 94 valence electrons. The van der Waals surface area contributed by atoms with Crippen LogP contribution in [0.5, 0.6) is 0 Å². The molecule has 0 radical (unpaired) electrons. The van der Waals surface area contributed by atoms with Crippen LogP contribution < -0.4 is 5.32 Å². The van der Waals surface area contributed by atoms with Crippen LogP contribution in [0.15, 0.2) is 4.99 Å². The maximum atomic E-state index is 4.57. The first-order valence-corrected chi connectivity index (χ1v) is 7.74. The maximum absolute atomic E-state index is 4.57. The molecular formula is C12H19N3S2. The van der Waals surface area contributed by atoms with Crippen molar-refractivity contribution in [1.29, 1.82) is 0 Å². The molecule has 1 N–H and O–H groups in total. The predicted octanol–water partition coefficient (Wildman–Crippen LogP) is 3.15. The fourth-order valence-corrected chi connectivity index (χ4v) is 3.75. The topological polar surface area (TPSA) is 37.3 Å². The second-order valence-corrected chi connectivity index (χ2v) is 6.85.